The number of alkyl halides is 2. The molecule has 0 saturated carbocycles. The van der Waals surface area contributed by atoms with Crippen LogP contribution < -0.4 is 0 Å². The minimum atomic E-state index is -4.04. The fraction of sp³-hybridized carbons (Fsp3) is 0.714. The molecule has 1 atom stereocenters. The molecular formula is C7H8F2O7S. The summed E-state index contributed by atoms with van der Waals surface area (Å²) in [4.78, 5) is 21.5. The number of hydrogen-bond donors (Lipinski definition) is 1. The van der Waals surface area contributed by atoms with Gasteiger partial charge in [-0.3, -0.25) is 4.79 Å². The Balaban J connectivity index is 2.30. The molecular weight excluding hydrogens is 266 g/mol. The van der Waals surface area contributed by atoms with Gasteiger partial charge in [0.15, 0.2) is 0 Å². The van der Waals surface area contributed by atoms with E-state index in [-0.39, 0.29) is 6.42 Å². The van der Waals surface area contributed by atoms with Crippen molar-refractivity contribution in [3.63, 3.8) is 0 Å². The number of ether oxygens (including phenoxy) is 2. The lowest BCUT2D eigenvalue weighted by Gasteiger charge is -2.14. The van der Waals surface area contributed by atoms with E-state index in [0.717, 1.165) is 0 Å². The Bertz CT molecular complexity index is 298. The summed E-state index contributed by atoms with van der Waals surface area (Å²) in [7, 11) is 0. The number of hydrogen-bond acceptors (Lipinski definition) is 8. The second-order valence-corrected chi connectivity index (χ2v) is 3.81. The number of carbonyl (C=O) groups is 2. The van der Waals surface area contributed by atoms with Crippen molar-refractivity contribution in [2.75, 3.05) is 6.61 Å². The number of halogens is 2. The van der Waals surface area contributed by atoms with E-state index < -0.39 is 41.9 Å². The molecule has 17 heavy (non-hydrogen) atoms. The van der Waals surface area contributed by atoms with E-state index in [1.54, 1.807) is 0 Å². The highest BCUT2D eigenvalue weighted by molar-refractivity contribution is 7.96. The largest absolute Gasteiger partial charge is 0.459 e. The monoisotopic (exact) mass is 274 g/mol. The Morgan fingerprint density at radius 1 is 1.65 bits per heavy atom. The van der Waals surface area contributed by atoms with E-state index in [4.69, 9.17) is 5.26 Å². The van der Waals surface area contributed by atoms with Gasteiger partial charge in [0.25, 0.3) is 0 Å². The molecule has 0 aromatic heterocycles. The van der Waals surface area contributed by atoms with Crippen LogP contribution in [0.15, 0.2) is 0 Å². The standard InChI is InChI=1S/C7H8F2O7S/c8-7(9,17-16-15-12)6(11)13-3-4-1-2-5(10)14-4/h4,12H,1-3H2. The Hall–Kier alpha value is -0.970. The van der Waals surface area contributed by atoms with Gasteiger partial charge in [0.1, 0.15) is 24.8 Å². The Morgan fingerprint density at radius 3 is 2.88 bits per heavy atom. The van der Waals surface area contributed by atoms with E-state index in [0.29, 0.717) is 6.42 Å². The summed E-state index contributed by atoms with van der Waals surface area (Å²) in [6, 6.07) is 0. The molecule has 10 heteroatoms. The highest BCUT2D eigenvalue weighted by Gasteiger charge is 2.44. The maximum absolute atomic E-state index is 12.8. The third kappa shape index (κ3) is 4.42. The normalized spacial score (nSPS) is 20.2. The zero-order valence-electron chi connectivity index (χ0n) is 8.26. The van der Waals surface area contributed by atoms with E-state index in [9.17, 15) is 18.4 Å². The van der Waals surface area contributed by atoms with E-state index in [2.05, 4.69) is 18.8 Å². The predicted octanol–water partition coefficient (Wildman–Crippen LogP) is 0.897. The van der Waals surface area contributed by atoms with Crippen molar-refractivity contribution in [2.24, 2.45) is 0 Å². The van der Waals surface area contributed by atoms with Crippen LogP contribution in [0, 0.1) is 0 Å². The van der Waals surface area contributed by atoms with Crippen molar-refractivity contribution in [1.82, 2.24) is 0 Å². The molecule has 1 saturated heterocycles. The lowest BCUT2D eigenvalue weighted by Crippen LogP contribution is -2.30. The molecule has 0 bridgehead atoms. The minimum absolute atomic E-state index is 0.162. The van der Waals surface area contributed by atoms with Gasteiger partial charge >= 0.3 is 17.2 Å². The van der Waals surface area contributed by atoms with Gasteiger partial charge in [-0.15, -0.1) is 4.33 Å². The topological polar surface area (TPSA) is 91.3 Å². The van der Waals surface area contributed by atoms with Crippen LogP contribution in [-0.4, -0.2) is 35.2 Å². The first kappa shape index (κ1) is 14.1. The van der Waals surface area contributed by atoms with Crippen molar-refractivity contribution < 1.29 is 42.5 Å². The van der Waals surface area contributed by atoms with Gasteiger partial charge in [-0.05, 0) is 6.42 Å². The molecule has 1 heterocycles. The molecule has 1 aliphatic heterocycles. The fourth-order valence-electron chi connectivity index (χ4n) is 1.04. The smallest absolute Gasteiger partial charge is 0.415 e. The third-order valence-electron chi connectivity index (χ3n) is 1.78. The summed E-state index contributed by atoms with van der Waals surface area (Å²) in [5.74, 6) is -2.35. The van der Waals surface area contributed by atoms with Crippen molar-refractivity contribution in [3.8, 4) is 0 Å². The molecule has 0 radical (unpaired) electrons. The quantitative estimate of drug-likeness (QED) is 0.330. The molecule has 1 fully saturated rings. The molecule has 1 unspecified atom stereocenters. The maximum Gasteiger partial charge on any atom is 0.415 e. The zero-order chi connectivity index (χ0) is 12.9. The van der Waals surface area contributed by atoms with Gasteiger partial charge in [-0.2, -0.15) is 8.78 Å². The van der Waals surface area contributed by atoms with E-state index >= 15 is 0 Å². The summed E-state index contributed by atoms with van der Waals surface area (Å²) in [6.07, 6.45) is -0.238. The van der Waals surface area contributed by atoms with Gasteiger partial charge in [-0.1, -0.05) is 5.04 Å². The van der Waals surface area contributed by atoms with Crippen LogP contribution in [0.5, 0.6) is 0 Å². The SMILES string of the molecule is O=C1CCC(COC(=O)C(F)(F)SOOO)O1. The third-order valence-corrected chi connectivity index (χ3v) is 2.28. The van der Waals surface area contributed by atoms with Crippen LogP contribution in [0.3, 0.4) is 0 Å². The number of carbonyl (C=O) groups excluding carboxylic acids is 2. The van der Waals surface area contributed by atoms with E-state index in [1.165, 1.54) is 0 Å². The average Bonchev–Trinajstić information content (AvgIpc) is 2.69. The Morgan fingerprint density at radius 2 is 2.35 bits per heavy atom. The molecule has 1 rings (SSSR count). The summed E-state index contributed by atoms with van der Waals surface area (Å²) in [6.45, 7) is -0.458. The molecule has 98 valence electrons. The van der Waals surface area contributed by atoms with Crippen LogP contribution >= 0.6 is 12.0 Å². The maximum atomic E-state index is 12.8. The second-order valence-electron chi connectivity index (χ2n) is 2.99. The Labute approximate surface area is 98.0 Å². The van der Waals surface area contributed by atoms with Gasteiger partial charge in [0.2, 0.25) is 0 Å². The first-order valence-corrected chi connectivity index (χ1v) is 5.10. The van der Waals surface area contributed by atoms with Crippen molar-refractivity contribution in [3.05, 3.63) is 0 Å². The van der Waals surface area contributed by atoms with Gasteiger partial charge in [-0.25, -0.2) is 10.1 Å². The van der Waals surface area contributed by atoms with Crippen LogP contribution in [0.2, 0.25) is 0 Å². The fourth-order valence-corrected chi connectivity index (χ4v) is 1.29. The molecule has 0 aromatic rings. The molecule has 7 nitrogen and oxygen atoms in total. The van der Waals surface area contributed by atoms with Gasteiger partial charge in [0.05, 0.1) is 0 Å². The lowest BCUT2D eigenvalue weighted by molar-refractivity contribution is -0.433. The van der Waals surface area contributed by atoms with Gasteiger partial charge in [0, 0.05) is 6.42 Å². The molecule has 0 amide bonds. The van der Waals surface area contributed by atoms with Crippen molar-refractivity contribution in [2.45, 2.75) is 24.2 Å². The van der Waals surface area contributed by atoms with Crippen molar-refractivity contribution in [1.29, 1.82) is 0 Å². The van der Waals surface area contributed by atoms with E-state index in [1.807, 2.05) is 0 Å². The summed E-state index contributed by atoms with van der Waals surface area (Å²) in [5, 5.41) is 6.55. The van der Waals surface area contributed by atoms with Crippen molar-refractivity contribution >= 4 is 24.0 Å². The molecule has 0 aliphatic carbocycles. The number of esters is 2. The van der Waals surface area contributed by atoms with Gasteiger partial charge < -0.3 is 9.47 Å². The van der Waals surface area contributed by atoms with Crippen LogP contribution in [0.1, 0.15) is 12.8 Å². The summed E-state index contributed by atoms with van der Waals surface area (Å²) >= 11 is -0.718. The van der Waals surface area contributed by atoms with Crippen LogP contribution in [0.25, 0.3) is 0 Å². The average molecular weight is 274 g/mol. The Kier molecular flexibility index (Phi) is 5.05. The van der Waals surface area contributed by atoms with Crippen LogP contribution in [0.4, 0.5) is 8.78 Å². The zero-order valence-corrected chi connectivity index (χ0v) is 9.08. The second kappa shape index (κ2) is 6.10. The predicted molar refractivity (Wildman–Crippen MR) is 47.4 cm³/mol. The molecule has 1 aliphatic rings. The summed E-state index contributed by atoms with van der Waals surface area (Å²) < 4.78 is 38.0. The lowest BCUT2D eigenvalue weighted by atomic mass is 10.2. The number of cyclic esters (lactones) is 1. The molecule has 1 N–H and O–H groups in total. The number of rotatable bonds is 6. The highest BCUT2D eigenvalue weighted by Crippen LogP contribution is 2.31. The molecule has 0 spiro atoms. The molecule has 0 aromatic carbocycles. The first-order valence-electron chi connectivity index (χ1n) is 4.36. The highest BCUT2D eigenvalue weighted by atomic mass is 32.2. The summed E-state index contributed by atoms with van der Waals surface area (Å²) in [5.41, 5.74) is 0. The van der Waals surface area contributed by atoms with Crippen LogP contribution in [-0.2, 0) is 28.4 Å². The minimum Gasteiger partial charge on any atom is -0.459 e. The first-order chi connectivity index (χ1) is 7.95.